The van der Waals surface area contributed by atoms with Crippen LogP contribution < -0.4 is 10.6 Å². The number of halogens is 4. The van der Waals surface area contributed by atoms with Crippen LogP contribution in [-0.2, 0) is 0 Å². The van der Waals surface area contributed by atoms with Gasteiger partial charge in [0.25, 0.3) is 5.91 Å². The van der Waals surface area contributed by atoms with Gasteiger partial charge in [0.2, 0.25) is 5.95 Å². The zero-order valence-electron chi connectivity index (χ0n) is 12.9. The van der Waals surface area contributed by atoms with E-state index in [9.17, 15) is 13.6 Å². The van der Waals surface area contributed by atoms with Crippen molar-refractivity contribution in [3.05, 3.63) is 76.0 Å². The molecule has 0 bridgehead atoms. The number of carbonyl (C=O) groups excluding carboxylic acids is 1. The van der Waals surface area contributed by atoms with E-state index < -0.39 is 17.5 Å². The molecule has 1 aromatic heterocycles. The first-order valence-corrected chi connectivity index (χ1v) is 7.98. The minimum Gasteiger partial charge on any atom is -0.324 e. The van der Waals surface area contributed by atoms with Crippen LogP contribution in [0.3, 0.4) is 0 Å². The van der Waals surface area contributed by atoms with Crippen LogP contribution in [0, 0.1) is 11.6 Å². The number of nitrogens with zero attached hydrogens (tertiary/aromatic N) is 2. The van der Waals surface area contributed by atoms with Gasteiger partial charge in [-0.25, -0.2) is 18.7 Å². The quantitative estimate of drug-likeness (QED) is 0.648. The summed E-state index contributed by atoms with van der Waals surface area (Å²) in [6, 6.07) is 7.98. The van der Waals surface area contributed by atoms with Gasteiger partial charge in [-0.1, -0.05) is 23.2 Å². The lowest BCUT2D eigenvalue weighted by Gasteiger charge is -2.07. The van der Waals surface area contributed by atoms with Crippen molar-refractivity contribution in [3.63, 3.8) is 0 Å². The zero-order valence-corrected chi connectivity index (χ0v) is 14.4. The molecule has 0 spiro atoms. The molecule has 2 N–H and O–H groups in total. The van der Waals surface area contributed by atoms with Crippen LogP contribution in [0.25, 0.3) is 0 Å². The van der Waals surface area contributed by atoms with E-state index in [0.717, 1.165) is 12.1 Å². The molecule has 0 unspecified atom stereocenters. The molecule has 0 atom stereocenters. The lowest BCUT2D eigenvalue weighted by Crippen LogP contribution is -2.13. The molecule has 0 saturated heterocycles. The highest BCUT2D eigenvalue weighted by molar-refractivity contribution is 6.42. The zero-order chi connectivity index (χ0) is 18.7. The van der Waals surface area contributed by atoms with E-state index in [1.807, 2.05) is 0 Å². The Balaban J connectivity index is 1.69. The maximum absolute atomic E-state index is 13.2. The molecule has 26 heavy (non-hydrogen) atoms. The smallest absolute Gasteiger partial charge is 0.258 e. The molecule has 0 fully saturated rings. The maximum Gasteiger partial charge on any atom is 0.258 e. The predicted octanol–water partition coefficient (Wildman–Crippen LogP) is 5.06. The molecule has 0 aliphatic rings. The number of benzene rings is 2. The number of hydrogen-bond acceptors (Lipinski definition) is 4. The van der Waals surface area contributed by atoms with Crippen molar-refractivity contribution in [2.24, 2.45) is 0 Å². The number of carbonyl (C=O) groups is 1. The van der Waals surface area contributed by atoms with Crippen molar-refractivity contribution in [2.75, 3.05) is 10.6 Å². The van der Waals surface area contributed by atoms with Crippen LogP contribution in [-0.4, -0.2) is 15.9 Å². The molecule has 3 rings (SSSR count). The summed E-state index contributed by atoms with van der Waals surface area (Å²) in [6.45, 7) is 0. The van der Waals surface area contributed by atoms with E-state index >= 15 is 0 Å². The van der Waals surface area contributed by atoms with Crippen LogP contribution in [0.2, 0.25) is 10.0 Å². The lowest BCUT2D eigenvalue weighted by molar-refractivity contribution is 0.102. The van der Waals surface area contributed by atoms with E-state index in [0.29, 0.717) is 15.7 Å². The molecular formula is C17H10Cl2F2N4O. The van der Waals surface area contributed by atoms with Gasteiger partial charge in [-0.15, -0.1) is 0 Å². The third-order valence-electron chi connectivity index (χ3n) is 3.27. The first-order chi connectivity index (χ1) is 12.4. The van der Waals surface area contributed by atoms with Gasteiger partial charge in [-0.3, -0.25) is 4.79 Å². The van der Waals surface area contributed by atoms with Gasteiger partial charge >= 0.3 is 0 Å². The normalized spacial score (nSPS) is 10.5. The number of amides is 1. The Morgan fingerprint density at radius 1 is 0.885 bits per heavy atom. The molecule has 5 nitrogen and oxygen atoms in total. The van der Waals surface area contributed by atoms with Gasteiger partial charge in [0.05, 0.1) is 15.6 Å². The van der Waals surface area contributed by atoms with E-state index in [1.165, 1.54) is 24.5 Å². The molecule has 0 saturated carbocycles. The van der Waals surface area contributed by atoms with Crippen molar-refractivity contribution in [1.29, 1.82) is 0 Å². The number of rotatable bonds is 4. The van der Waals surface area contributed by atoms with E-state index in [4.69, 9.17) is 23.2 Å². The Morgan fingerprint density at radius 2 is 1.58 bits per heavy atom. The summed E-state index contributed by atoms with van der Waals surface area (Å²) in [7, 11) is 0. The van der Waals surface area contributed by atoms with Crippen molar-refractivity contribution in [2.45, 2.75) is 0 Å². The second kappa shape index (κ2) is 7.63. The minimum absolute atomic E-state index is 0.127. The molecule has 9 heteroatoms. The number of aromatic nitrogens is 2. The topological polar surface area (TPSA) is 66.9 Å². The molecule has 0 radical (unpaired) electrons. The van der Waals surface area contributed by atoms with Crippen LogP contribution in [0.5, 0.6) is 0 Å². The van der Waals surface area contributed by atoms with Crippen LogP contribution in [0.1, 0.15) is 10.4 Å². The first-order valence-electron chi connectivity index (χ1n) is 7.23. The summed E-state index contributed by atoms with van der Waals surface area (Å²) in [4.78, 5) is 20.1. The molecular weight excluding hydrogens is 385 g/mol. The highest BCUT2D eigenvalue weighted by Crippen LogP contribution is 2.25. The monoisotopic (exact) mass is 394 g/mol. The van der Waals surface area contributed by atoms with Gasteiger partial charge in [0.1, 0.15) is 0 Å². The minimum atomic E-state index is -0.993. The number of nitrogens with one attached hydrogen (secondary N) is 2. The average Bonchev–Trinajstić information content (AvgIpc) is 2.62. The molecule has 3 aromatic rings. The Labute approximate surface area is 157 Å². The Kier molecular flexibility index (Phi) is 5.29. The van der Waals surface area contributed by atoms with E-state index in [-0.39, 0.29) is 17.2 Å². The summed E-state index contributed by atoms with van der Waals surface area (Å²) in [5, 5.41) is 6.03. The molecule has 1 heterocycles. The van der Waals surface area contributed by atoms with Gasteiger partial charge in [0, 0.05) is 29.8 Å². The standard InChI is InChI=1S/C17H10Cl2F2N4O/c18-12-3-1-10(5-13(12)19)24-16(26)9-7-22-17(23-8-9)25-11-2-4-14(20)15(21)6-11/h1-8H,(H,24,26)(H,22,23,25). The largest absolute Gasteiger partial charge is 0.324 e. The maximum atomic E-state index is 13.2. The summed E-state index contributed by atoms with van der Waals surface area (Å²) in [6.07, 6.45) is 2.59. The van der Waals surface area contributed by atoms with E-state index in [2.05, 4.69) is 20.6 Å². The predicted molar refractivity (Wildman–Crippen MR) is 96.1 cm³/mol. The molecule has 0 aliphatic carbocycles. The Bertz CT molecular complexity index is 967. The summed E-state index contributed by atoms with van der Waals surface area (Å²) < 4.78 is 26.1. The van der Waals surface area contributed by atoms with E-state index in [1.54, 1.807) is 12.1 Å². The van der Waals surface area contributed by atoms with Crippen molar-refractivity contribution >= 4 is 46.4 Å². The van der Waals surface area contributed by atoms with Gasteiger partial charge in [0.15, 0.2) is 11.6 Å². The fourth-order valence-corrected chi connectivity index (χ4v) is 2.29. The number of hydrogen-bond donors (Lipinski definition) is 2. The molecule has 1 amide bonds. The third-order valence-corrected chi connectivity index (χ3v) is 4.01. The van der Waals surface area contributed by atoms with Gasteiger partial charge in [-0.05, 0) is 30.3 Å². The van der Waals surface area contributed by atoms with Crippen molar-refractivity contribution < 1.29 is 13.6 Å². The Hall–Kier alpha value is -2.77. The van der Waals surface area contributed by atoms with Crippen molar-refractivity contribution in [3.8, 4) is 0 Å². The van der Waals surface area contributed by atoms with Crippen LogP contribution >= 0.6 is 23.2 Å². The summed E-state index contributed by atoms with van der Waals surface area (Å²) in [5.41, 5.74) is 0.942. The van der Waals surface area contributed by atoms with Crippen LogP contribution in [0.4, 0.5) is 26.1 Å². The summed E-state index contributed by atoms with van der Waals surface area (Å²) in [5.74, 6) is -2.26. The second-order valence-corrected chi connectivity index (χ2v) is 5.95. The highest BCUT2D eigenvalue weighted by Gasteiger charge is 2.10. The SMILES string of the molecule is O=C(Nc1ccc(Cl)c(Cl)c1)c1cnc(Nc2ccc(F)c(F)c2)nc1. The second-order valence-electron chi connectivity index (χ2n) is 5.13. The summed E-state index contributed by atoms with van der Waals surface area (Å²) >= 11 is 11.7. The average molecular weight is 395 g/mol. The molecule has 2 aromatic carbocycles. The van der Waals surface area contributed by atoms with Gasteiger partial charge < -0.3 is 10.6 Å². The van der Waals surface area contributed by atoms with Gasteiger partial charge in [-0.2, -0.15) is 0 Å². The fourth-order valence-electron chi connectivity index (χ4n) is 1.99. The first kappa shape index (κ1) is 18.0. The number of anilines is 3. The van der Waals surface area contributed by atoms with Crippen LogP contribution in [0.15, 0.2) is 48.8 Å². The lowest BCUT2D eigenvalue weighted by atomic mass is 10.2. The Morgan fingerprint density at radius 3 is 2.23 bits per heavy atom. The molecule has 132 valence electrons. The van der Waals surface area contributed by atoms with Crippen molar-refractivity contribution in [1.82, 2.24) is 9.97 Å². The highest BCUT2D eigenvalue weighted by atomic mass is 35.5. The fraction of sp³-hybridized carbons (Fsp3) is 0. The molecule has 0 aliphatic heterocycles. The third kappa shape index (κ3) is 4.25.